The number of carboxylic acid groups (broad SMARTS) is 1. The number of carbonyl (C=O) groups excluding carboxylic acids is 2. The van der Waals surface area contributed by atoms with Crippen molar-refractivity contribution in [2.24, 2.45) is 0 Å². The van der Waals surface area contributed by atoms with E-state index in [-0.39, 0.29) is 31.4 Å². The first-order valence-corrected chi connectivity index (χ1v) is 20.5. The zero-order valence-electron chi connectivity index (χ0n) is 33.1. The Balaban J connectivity index is 0.991. The van der Waals surface area contributed by atoms with Gasteiger partial charge in [0.2, 0.25) is 5.91 Å². The molecule has 0 fully saturated rings. The fraction of sp³-hybridized carbons (Fsp3) is 0.184. The fourth-order valence-corrected chi connectivity index (χ4v) is 8.07. The quantitative estimate of drug-likeness (QED) is 0.132. The molecule has 61 heavy (non-hydrogen) atoms. The van der Waals surface area contributed by atoms with Crippen LogP contribution in [-0.2, 0) is 35.6 Å². The molecule has 8 rings (SSSR count). The van der Waals surface area contributed by atoms with Crippen LogP contribution in [0.5, 0.6) is 11.5 Å². The molecule has 0 saturated heterocycles. The predicted molar refractivity (Wildman–Crippen MR) is 234 cm³/mol. The van der Waals surface area contributed by atoms with Crippen molar-refractivity contribution in [3.05, 3.63) is 182 Å². The lowest BCUT2D eigenvalue weighted by Gasteiger charge is -2.39. The van der Waals surface area contributed by atoms with Crippen molar-refractivity contribution in [1.82, 2.24) is 10.2 Å². The monoisotopic (exact) mass is 850 g/mol. The van der Waals surface area contributed by atoms with Crippen LogP contribution in [0.1, 0.15) is 49.8 Å². The summed E-state index contributed by atoms with van der Waals surface area (Å²) in [5.41, 5.74) is 7.95. The van der Waals surface area contributed by atoms with Crippen LogP contribution in [0.25, 0.3) is 11.1 Å². The summed E-state index contributed by atoms with van der Waals surface area (Å²) in [5, 5.41) is 23.1. The van der Waals surface area contributed by atoms with Crippen LogP contribution in [0.4, 0.5) is 5.69 Å². The van der Waals surface area contributed by atoms with Gasteiger partial charge in [0, 0.05) is 32.0 Å². The highest BCUT2D eigenvalue weighted by Gasteiger charge is 2.38. The van der Waals surface area contributed by atoms with Gasteiger partial charge in [-0.25, -0.2) is 4.79 Å². The zero-order chi connectivity index (χ0) is 42.6. The number of hydrogen-bond acceptors (Lipinski definition) is 7. The van der Waals surface area contributed by atoms with Crippen molar-refractivity contribution < 1.29 is 29.0 Å². The molecule has 6 aromatic carbocycles. The maximum Gasteiger partial charge on any atom is 0.326 e. The van der Waals surface area contributed by atoms with Gasteiger partial charge in [0.25, 0.3) is 5.91 Å². The average Bonchev–Trinajstić information content (AvgIpc) is 3.28. The normalized spacial score (nSPS) is 16.0. The summed E-state index contributed by atoms with van der Waals surface area (Å²) < 4.78 is 12.6. The van der Waals surface area contributed by atoms with E-state index in [2.05, 4.69) is 16.3 Å². The second-order valence-corrected chi connectivity index (χ2v) is 16.0. The molecule has 2 aliphatic rings. The number of carboxylic acids is 1. The molecule has 0 radical (unpaired) electrons. The van der Waals surface area contributed by atoms with Gasteiger partial charge >= 0.3 is 5.97 Å². The van der Waals surface area contributed by atoms with Gasteiger partial charge in [-0.1, -0.05) is 96.0 Å². The number of aliphatic carboxylic acids is 1. The SMILES string of the molecule is CN1CC(c2ccc(OCc3ccc(Cl)c(Cl)c3)cc2)Oc2cc3c(cc21)CC(C(=O)NC(Cc1ccc(-c2ccc(C#N)cc2)cc1)C(=O)O)N(C(=O)c1ccccc1)C3. The summed E-state index contributed by atoms with van der Waals surface area (Å²) in [5.74, 6) is -0.729. The molecule has 0 bridgehead atoms. The van der Waals surface area contributed by atoms with Crippen LogP contribution in [0.3, 0.4) is 0 Å². The molecule has 3 unspecified atom stereocenters. The maximum atomic E-state index is 14.2. The number of anilines is 1. The second kappa shape index (κ2) is 17.8. The molecule has 12 heteroatoms. The summed E-state index contributed by atoms with van der Waals surface area (Å²) in [6, 6.07) is 40.4. The van der Waals surface area contributed by atoms with Gasteiger partial charge in [0.1, 0.15) is 36.3 Å². The number of amides is 2. The summed E-state index contributed by atoms with van der Waals surface area (Å²) >= 11 is 12.2. The lowest BCUT2D eigenvalue weighted by Crippen LogP contribution is -2.56. The topological polar surface area (TPSA) is 132 Å². The molecule has 6 aromatic rings. The third-order valence-electron chi connectivity index (χ3n) is 11.1. The molecule has 3 atom stereocenters. The van der Waals surface area contributed by atoms with Crippen molar-refractivity contribution in [2.45, 2.75) is 44.2 Å². The Labute approximate surface area is 363 Å². The average molecular weight is 852 g/mol. The van der Waals surface area contributed by atoms with E-state index in [1.807, 2.05) is 92.0 Å². The molecular formula is C49H40Cl2N4O6. The number of fused-ring (bicyclic) bond motifs is 2. The number of benzene rings is 6. The van der Waals surface area contributed by atoms with E-state index < -0.39 is 24.0 Å². The molecule has 0 saturated carbocycles. The summed E-state index contributed by atoms with van der Waals surface area (Å²) in [6.07, 6.45) is -0.0702. The highest BCUT2D eigenvalue weighted by Crippen LogP contribution is 2.42. The Morgan fingerprint density at radius 2 is 1.54 bits per heavy atom. The highest BCUT2D eigenvalue weighted by atomic mass is 35.5. The van der Waals surface area contributed by atoms with E-state index in [0.717, 1.165) is 39.1 Å². The number of nitriles is 1. The van der Waals surface area contributed by atoms with Crippen molar-refractivity contribution >= 4 is 46.7 Å². The van der Waals surface area contributed by atoms with Gasteiger partial charge in [-0.05, 0) is 99.6 Å². The van der Waals surface area contributed by atoms with Gasteiger partial charge < -0.3 is 29.7 Å². The number of nitrogens with one attached hydrogen (secondary N) is 1. The van der Waals surface area contributed by atoms with E-state index in [1.165, 1.54) is 4.90 Å². The lowest BCUT2D eigenvalue weighted by atomic mass is 9.90. The molecule has 306 valence electrons. The van der Waals surface area contributed by atoms with Crippen LogP contribution in [0.15, 0.2) is 133 Å². The minimum absolute atomic E-state index is 0.0377. The van der Waals surface area contributed by atoms with Gasteiger partial charge in [-0.3, -0.25) is 9.59 Å². The Morgan fingerprint density at radius 1 is 0.852 bits per heavy atom. The van der Waals surface area contributed by atoms with Crippen LogP contribution in [0, 0.1) is 11.3 Å². The van der Waals surface area contributed by atoms with E-state index in [9.17, 15) is 19.5 Å². The third kappa shape index (κ3) is 9.19. The molecule has 10 nitrogen and oxygen atoms in total. The third-order valence-corrected chi connectivity index (χ3v) is 11.9. The maximum absolute atomic E-state index is 14.2. The molecule has 0 aromatic heterocycles. The molecule has 2 aliphatic heterocycles. The smallest absolute Gasteiger partial charge is 0.326 e. The van der Waals surface area contributed by atoms with Crippen LogP contribution in [0.2, 0.25) is 10.0 Å². The number of halogens is 2. The first kappa shape index (κ1) is 41.0. The predicted octanol–water partition coefficient (Wildman–Crippen LogP) is 9.06. The van der Waals surface area contributed by atoms with Gasteiger partial charge in [0.15, 0.2) is 0 Å². The number of likely N-dealkylation sites (N-methyl/N-ethyl adjacent to an activating group) is 1. The van der Waals surface area contributed by atoms with Crippen molar-refractivity contribution in [1.29, 1.82) is 5.26 Å². The first-order chi connectivity index (χ1) is 29.5. The van der Waals surface area contributed by atoms with Crippen molar-refractivity contribution in [2.75, 3.05) is 18.5 Å². The van der Waals surface area contributed by atoms with Crippen molar-refractivity contribution in [3.63, 3.8) is 0 Å². The summed E-state index contributed by atoms with van der Waals surface area (Å²) in [4.78, 5) is 44.6. The summed E-state index contributed by atoms with van der Waals surface area (Å²) in [6.45, 7) is 1.01. The van der Waals surface area contributed by atoms with Crippen molar-refractivity contribution in [3.8, 4) is 28.7 Å². The van der Waals surface area contributed by atoms with E-state index >= 15 is 0 Å². The molecule has 0 spiro atoms. The number of hydrogen-bond donors (Lipinski definition) is 2. The van der Waals surface area contributed by atoms with E-state index in [0.29, 0.717) is 51.4 Å². The molecule has 2 amide bonds. The number of ether oxygens (including phenoxy) is 2. The van der Waals surface area contributed by atoms with Gasteiger partial charge in [0.05, 0.1) is 33.9 Å². The molecule has 2 heterocycles. The summed E-state index contributed by atoms with van der Waals surface area (Å²) in [7, 11) is 1.99. The zero-order valence-corrected chi connectivity index (χ0v) is 34.6. The standard InChI is InChI=1S/C49H40Cl2N4O6/c1-54-28-46(35-16-18-39(19-17-35)60-29-32-11-20-40(50)41(51)21-32)61-45-25-38-27-55(48(57)36-5-3-2-4-6-36)44(24-37(38)23-43(45)54)47(56)53-42(49(58)59)22-30-7-12-33(13-8-30)34-14-9-31(26-52)10-15-34/h2-21,23,25,42,44,46H,22,24,27-29H2,1H3,(H,53,56)(H,58,59). The van der Waals surface area contributed by atoms with Crippen LogP contribution >= 0.6 is 23.2 Å². The lowest BCUT2D eigenvalue weighted by molar-refractivity contribution is -0.142. The minimum Gasteiger partial charge on any atom is -0.489 e. The van der Waals surface area contributed by atoms with Gasteiger partial charge in [-0.15, -0.1) is 0 Å². The number of carbonyl (C=O) groups is 3. The highest BCUT2D eigenvalue weighted by molar-refractivity contribution is 6.42. The second-order valence-electron chi connectivity index (χ2n) is 15.2. The van der Waals surface area contributed by atoms with Gasteiger partial charge in [-0.2, -0.15) is 5.26 Å². The van der Waals surface area contributed by atoms with E-state index in [1.54, 1.807) is 48.5 Å². The van der Waals surface area contributed by atoms with Crippen LogP contribution in [-0.4, -0.2) is 53.5 Å². The number of nitrogens with zero attached hydrogens (tertiary/aromatic N) is 3. The molecule has 0 aliphatic carbocycles. The Kier molecular flexibility index (Phi) is 12.0. The molecule has 2 N–H and O–H groups in total. The minimum atomic E-state index is -1.24. The Bertz CT molecular complexity index is 2630. The Morgan fingerprint density at radius 3 is 2.21 bits per heavy atom. The molecular weight excluding hydrogens is 811 g/mol. The van der Waals surface area contributed by atoms with Crippen LogP contribution < -0.4 is 19.7 Å². The largest absolute Gasteiger partial charge is 0.489 e. The first-order valence-electron chi connectivity index (χ1n) is 19.7. The van der Waals surface area contributed by atoms with E-state index in [4.69, 9.17) is 37.9 Å². The Hall–Kier alpha value is -6.80. The number of rotatable bonds is 11. The fourth-order valence-electron chi connectivity index (χ4n) is 7.75.